The second kappa shape index (κ2) is 5.70. The van der Waals surface area contributed by atoms with Crippen LogP contribution in [0.3, 0.4) is 0 Å². The molecule has 1 aliphatic carbocycles. The highest BCUT2D eigenvalue weighted by Gasteiger charge is 2.36. The van der Waals surface area contributed by atoms with Crippen molar-refractivity contribution in [3.05, 3.63) is 29.6 Å². The van der Waals surface area contributed by atoms with Crippen LogP contribution in [-0.2, 0) is 4.74 Å². The van der Waals surface area contributed by atoms with E-state index in [-0.39, 0.29) is 18.0 Å². The molecule has 110 valence electrons. The molecule has 3 nitrogen and oxygen atoms in total. The standard InChI is InChI=1S/C16H23FN2O/c1-11(18)12-5-4-6-13(17)16(12)19-9-10-20-15-8-3-2-7-14(15)19/h4-6,11,14-15H,2-3,7-10,18H2,1H3/t11-,14?,15?/m1/s1. The van der Waals surface area contributed by atoms with Crippen LogP contribution in [0.25, 0.3) is 0 Å². The summed E-state index contributed by atoms with van der Waals surface area (Å²) in [5.74, 6) is -0.161. The van der Waals surface area contributed by atoms with Crippen molar-refractivity contribution in [3.63, 3.8) is 0 Å². The van der Waals surface area contributed by atoms with E-state index in [1.807, 2.05) is 13.0 Å². The van der Waals surface area contributed by atoms with Gasteiger partial charge in [-0.25, -0.2) is 4.39 Å². The number of para-hydroxylation sites is 1. The van der Waals surface area contributed by atoms with E-state index in [0.717, 1.165) is 24.9 Å². The van der Waals surface area contributed by atoms with Gasteiger partial charge in [-0.3, -0.25) is 0 Å². The average Bonchev–Trinajstić information content (AvgIpc) is 2.46. The number of hydrogen-bond acceptors (Lipinski definition) is 3. The van der Waals surface area contributed by atoms with Crippen molar-refractivity contribution in [2.45, 2.75) is 50.8 Å². The number of rotatable bonds is 2. The van der Waals surface area contributed by atoms with Crippen LogP contribution in [0.2, 0.25) is 0 Å². The van der Waals surface area contributed by atoms with Gasteiger partial charge in [0.1, 0.15) is 5.82 Å². The zero-order valence-corrected chi connectivity index (χ0v) is 12.0. The minimum Gasteiger partial charge on any atom is -0.374 e. The number of hydrogen-bond donors (Lipinski definition) is 1. The summed E-state index contributed by atoms with van der Waals surface area (Å²) in [6.45, 7) is 3.34. The molecular formula is C16H23FN2O. The van der Waals surface area contributed by atoms with Crippen LogP contribution in [0.4, 0.5) is 10.1 Å². The summed E-state index contributed by atoms with van der Waals surface area (Å²) in [6, 6.07) is 5.36. The van der Waals surface area contributed by atoms with Crippen LogP contribution >= 0.6 is 0 Å². The Morgan fingerprint density at radius 1 is 1.35 bits per heavy atom. The van der Waals surface area contributed by atoms with Crippen LogP contribution in [0.1, 0.15) is 44.2 Å². The van der Waals surface area contributed by atoms with E-state index in [9.17, 15) is 4.39 Å². The van der Waals surface area contributed by atoms with Crippen molar-refractivity contribution in [2.24, 2.45) is 5.73 Å². The number of benzene rings is 1. The lowest BCUT2D eigenvalue weighted by molar-refractivity contribution is -0.00899. The SMILES string of the molecule is C[C@@H](N)c1cccc(F)c1N1CCOC2CCCCC21. The molecule has 1 saturated carbocycles. The van der Waals surface area contributed by atoms with Crippen LogP contribution in [0, 0.1) is 5.82 Å². The molecule has 20 heavy (non-hydrogen) atoms. The molecule has 1 saturated heterocycles. The number of fused-ring (bicyclic) bond motifs is 1. The van der Waals surface area contributed by atoms with E-state index >= 15 is 0 Å². The Kier molecular flexibility index (Phi) is 3.94. The van der Waals surface area contributed by atoms with E-state index in [0.29, 0.717) is 18.3 Å². The number of anilines is 1. The quantitative estimate of drug-likeness (QED) is 0.904. The van der Waals surface area contributed by atoms with E-state index in [2.05, 4.69) is 4.90 Å². The molecule has 0 bridgehead atoms. The molecule has 0 aromatic heterocycles. The smallest absolute Gasteiger partial charge is 0.146 e. The third-order valence-corrected chi connectivity index (χ3v) is 4.53. The van der Waals surface area contributed by atoms with Crippen LogP contribution < -0.4 is 10.6 Å². The third-order valence-electron chi connectivity index (χ3n) is 4.53. The van der Waals surface area contributed by atoms with Gasteiger partial charge in [0.2, 0.25) is 0 Å². The highest BCUT2D eigenvalue weighted by atomic mass is 19.1. The third kappa shape index (κ3) is 2.42. The lowest BCUT2D eigenvalue weighted by Crippen LogP contribution is -2.53. The van der Waals surface area contributed by atoms with Gasteiger partial charge in [-0.15, -0.1) is 0 Å². The Bertz CT molecular complexity index is 476. The van der Waals surface area contributed by atoms with Gasteiger partial charge in [-0.05, 0) is 31.4 Å². The molecule has 2 N–H and O–H groups in total. The van der Waals surface area contributed by atoms with Gasteiger partial charge >= 0.3 is 0 Å². The van der Waals surface area contributed by atoms with Crippen molar-refractivity contribution >= 4 is 5.69 Å². The molecule has 0 radical (unpaired) electrons. The highest BCUT2D eigenvalue weighted by Crippen LogP contribution is 2.36. The largest absolute Gasteiger partial charge is 0.374 e. The summed E-state index contributed by atoms with van der Waals surface area (Å²) in [5, 5.41) is 0. The monoisotopic (exact) mass is 278 g/mol. The average molecular weight is 278 g/mol. The number of morpholine rings is 1. The topological polar surface area (TPSA) is 38.5 Å². The molecule has 0 amide bonds. The van der Waals surface area contributed by atoms with Crippen LogP contribution in [0.5, 0.6) is 0 Å². The molecule has 0 spiro atoms. The Morgan fingerprint density at radius 2 is 2.15 bits per heavy atom. The van der Waals surface area contributed by atoms with Crippen molar-refractivity contribution in [1.29, 1.82) is 0 Å². The molecule has 1 aromatic carbocycles. The van der Waals surface area contributed by atoms with Gasteiger partial charge in [0.05, 0.1) is 24.4 Å². The summed E-state index contributed by atoms with van der Waals surface area (Å²) in [7, 11) is 0. The van der Waals surface area contributed by atoms with Crippen molar-refractivity contribution in [2.75, 3.05) is 18.1 Å². The molecule has 1 aliphatic heterocycles. The number of halogens is 1. The zero-order valence-electron chi connectivity index (χ0n) is 12.0. The number of nitrogens with two attached hydrogens (primary N) is 1. The summed E-state index contributed by atoms with van der Waals surface area (Å²) in [5.41, 5.74) is 7.63. The molecule has 3 rings (SSSR count). The lowest BCUT2D eigenvalue weighted by atomic mass is 9.89. The predicted octanol–water partition coefficient (Wildman–Crippen LogP) is 2.99. The summed E-state index contributed by atoms with van der Waals surface area (Å²) in [4.78, 5) is 2.21. The van der Waals surface area contributed by atoms with Gasteiger partial charge in [-0.1, -0.05) is 25.0 Å². The molecule has 2 fully saturated rings. The first kappa shape index (κ1) is 13.8. The minimum absolute atomic E-state index is 0.161. The van der Waals surface area contributed by atoms with E-state index in [1.165, 1.54) is 18.9 Å². The fourth-order valence-electron chi connectivity index (χ4n) is 3.58. The highest BCUT2D eigenvalue weighted by molar-refractivity contribution is 5.57. The Morgan fingerprint density at radius 3 is 2.95 bits per heavy atom. The second-order valence-corrected chi connectivity index (χ2v) is 5.92. The molecule has 2 unspecified atom stereocenters. The molecule has 2 aliphatic rings. The second-order valence-electron chi connectivity index (χ2n) is 5.92. The Balaban J connectivity index is 1.98. The number of ether oxygens (including phenoxy) is 1. The van der Waals surface area contributed by atoms with E-state index in [4.69, 9.17) is 10.5 Å². The maximum atomic E-state index is 14.4. The van der Waals surface area contributed by atoms with Crippen molar-refractivity contribution in [3.8, 4) is 0 Å². The first-order chi connectivity index (χ1) is 9.68. The van der Waals surface area contributed by atoms with Gasteiger partial charge < -0.3 is 15.4 Å². The minimum atomic E-state index is -0.161. The maximum absolute atomic E-state index is 14.4. The summed E-state index contributed by atoms with van der Waals surface area (Å²) in [6.07, 6.45) is 4.83. The normalized spacial score (nSPS) is 28.1. The van der Waals surface area contributed by atoms with Crippen molar-refractivity contribution < 1.29 is 9.13 Å². The van der Waals surface area contributed by atoms with Gasteiger partial charge in [0.25, 0.3) is 0 Å². The van der Waals surface area contributed by atoms with Gasteiger partial charge in [0, 0.05) is 12.6 Å². The Hall–Kier alpha value is -1.13. The summed E-state index contributed by atoms with van der Waals surface area (Å²) < 4.78 is 20.3. The first-order valence-corrected chi connectivity index (χ1v) is 7.60. The zero-order chi connectivity index (χ0) is 14.1. The predicted molar refractivity (Wildman–Crippen MR) is 78.3 cm³/mol. The van der Waals surface area contributed by atoms with Gasteiger partial charge in [-0.2, -0.15) is 0 Å². The fourth-order valence-corrected chi connectivity index (χ4v) is 3.58. The van der Waals surface area contributed by atoms with Crippen LogP contribution in [0.15, 0.2) is 18.2 Å². The van der Waals surface area contributed by atoms with Gasteiger partial charge in [0.15, 0.2) is 0 Å². The Labute approximate surface area is 119 Å². The van der Waals surface area contributed by atoms with Crippen LogP contribution in [-0.4, -0.2) is 25.3 Å². The molecule has 1 aromatic rings. The van der Waals surface area contributed by atoms with Crippen molar-refractivity contribution in [1.82, 2.24) is 0 Å². The molecule has 3 atom stereocenters. The first-order valence-electron chi connectivity index (χ1n) is 7.60. The fraction of sp³-hybridized carbons (Fsp3) is 0.625. The molecule has 4 heteroatoms. The van der Waals surface area contributed by atoms with E-state index < -0.39 is 0 Å². The maximum Gasteiger partial charge on any atom is 0.146 e. The summed E-state index contributed by atoms with van der Waals surface area (Å²) >= 11 is 0. The molecular weight excluding hydrogens is 255 g/mol. The molecule has 1 heterocycles. The van der Waals surface area contributed by atoms with E-state index in [1.54, 1.807) is 6.07 Å². The lowest BCUT2D eigenvalue weighted by Gasteiger charge is -2.46. The number of nitrogens with zero attached hydrogens (tertiary/aromatic N) is 1.